The first kappa shape index (κ1) is 13.1. The molecule has 3 atom stereocenters. The summed E-state index contributed by atoms with van der Waals surface area (Å²) in [5.74, 6) is 5.85. The molecule has 2 saturated carbocycles. The van der Waals surface area contributed by atoms with Crippen molar-refractivity contribution < 1.29 is 9.59 Å². The number of aryl methyl sites for hydroxylation is 1. The number of benzene rings is 1. The Labute approximate surface area is 119 Å². The number of hydrogen-bond acceptors (Lipinski definition) is 2. The van der Waals surface area contributed by atoms with E-state index in [0.717, 1.165) is 36.0 Å². The van der Waals surface area contributed by atoms with Gasteiger partial charge in [-0.1, -0.05) is 12.0 Å². The van der Waals surface area contributed by atoms with Crippen molar-refractivity contribution in [2.24, 2.45) is 11.8 Å². The average Bonchev–Trinajstić information content (AvgIpc) is 2.86. The quantitative estimate of drug-likeness (QED) is 0.578. The molecule has 0 saturated heterocycles. The highest BCUT2D eigenvalue weighted by molar-refractivity contribution is 6.12. The first-order valence-electron chi connectivity index (χ1n) is 7.22. The molecule has 2 aliphatic rings. The molecule has 20 heavy (non-hydrogen) atoms. The van der Waals surface area contributed by atoms with E-state index in [9.17, 15) is 9.59 Å². The van der Waals surface area contributed by atoms with E-state index in [1.54, 1.807) is 6.92 Å². The molecule has 2 bridgehead atoms. The zero-order chi connectivity index (χ0) is 14.3. The molecule has 2 aliphatic carbocycles. The highest BCUT2D eigenvalue weighted by Crippen LogP contribution is 2.44. The van der Waals surface area contributed by atoms with Crippen molar-refractivity contribution in [3.8, 4) is 11.8 Å². The SMILES string of the molecule is CC#Cc1ccc(C2C(=O)C3CC[C@@H](C3)C2=O)c(C)c1. The van der Waals surface area contributed by atoms with E-state index in [1.807, 2.05) is 25.1 Å². The summed E-state index contributed by atoms with van der Waals surface area (Å²) in [4.78, 5) is 25.0. The predicted molar refractivity (Wildman–Crippen MR) is 77.3 cm³/mol. The summed E-state index contributed by atoms with van der Waals surface area (Å²) in [6, 6.07) is 5.80. The summed E-state index contributed by atoms with van der Waals surface area (Å²) in [6.45, 7) is 3.77. The van der Waals surface area contributed by atoms with E-state index < -0.39 is 5.92 Å². The van der Waals surface area contributed by atoms with Gasteiger partial charge in [-0.2, -0.15) is 0 Å². The fourth-order valence-electron chi connectivity index (χ4n) is 3.64. The van der Waals surface area contributed by atoms with Crippen LogP contribution >= 0.6 is 0 Å². The molecule has 0 heterocycles. The van der Waals surface area contributed by atoms with Crippen molar-refractivity contribution in [1.82, 2.24) is 0 Å². The molecule has 0 spiro atoms. The Morgan fingerprint density at radius 2 is 1.75 bits per heavy atom. The predicted octanol–water partition coefficient (Wildman–Crippen LogP) is 3.02. The lowest BCUT2D eigenvalue weighted by molar-refractivity contribution is -0.135. The molecule has 0 N–H and O–H groups in total. The van der Waals surface area contributed by atoms with Crippen LogP contribution in [0.2, 0.25) is 0 Å². The molecule has 1 aromatic carbocycles. The summed E-state index contributed by atoms with van der Waals surface area (Å²) in [5, 5.41) is 0. The number of carbonyl (C=O) groups excluding carboxylic acids is 2. The van der Waals surface area contributed by atoms with E-state index in [2.05, 4.69) is 11.8 Å². The van der Waals surface area contributed by atoms with Gasteiger partial charge in [0, 0.05) is 17.4 Å². The number of ketones is 2. The lowest BCUT2D eigenvalue weighted by Gasteiger charge is -2.26. The summed E-state index contributed by atoms with van der Waals surface area (Å²) >= 11 is 0. The van der Waals surface area contributed by atoms with Gasteiger partial charge < -0.3 is 0 Å². The zero-order valence-electron chi connectivity index (χ0n) is 11.9. The normalized spacial score (nSPS) is 28.2. The van der Waals surface area contributed by atoms with E-state index >= 15 is 0 Å². The van der Waals surface area contributed by atoms with Crippen LogP contribution in [0.15, 0.2) is 18.2 Å². The first-order valence-corrected chi connectivity index (χ1v) is 7.22. The molecule has 2 heteroatoms. The Morgan fingerprint density at radius 3 is 2.30 bits per heavy atom. The summed E-state index contributed by atoms with van der Waals surface area (Å²) in [5.41, 5.74) is 2.82. The van der Waals surface area contributed by atoms with Crippen LogP contribution in [-0.2, 0) is 9.59 Å². The standard InChI is InChI=1S/C18H18O2/c1-3-4-12-5-8-15(11(2)9-12)16-17(19)13-6-7-14(10-13)18(16)20/h5,8-9,13-14,16H,6-7,10H2,1-2H3/t13-,14?,16?/m0/s1. The Kier molecular flexibility index (Phi) is 3.22. The minimum Gasteiger partial charge on any atom is -0.298 e. The van der Waals surface area contributed by atoms with E-state index in [1.165, 1.54) is 0 Å². The molecule has 102 valence electrons. The van der Waals surface area contributed by atoms with Gasteiger partial charge in [-0.05, 0) is 56.4 Å². The highest BCUT2D eigenvalue weighted by atomic mass is 16.2. The molecule has 0 aliphatic heterocycles. The minimum atomic E-state index is -0.523. The lowest BCUT2D eigenvalue weighted by Crippen LogP contribution is -2.35. The highest BCUT2D eigenvalue weighted by Gasteiger charge is 2.47. The van der Waals surface area contributed by atoms with Crippen LogP contribution in [0.4, 0.5) is 0 Å². The number of Topliss-reactive ketones (excluding diaryl/α,β-unsaturated/α-hetero) is 2. The number of hydrogen-bond donors (Lipinski definition) is 0. The van der Waals surface area contributed by atoms with E-state index in [4.69, 9.17) is 0 Å². The summed E-state index contributed by atoms with van der Waals surface area (Å²) in [6.07, 6.45) is 2.57. The Balaban J connectivity index is 2.01. The molecule has 2 unspecified atom stereocenters. The Bertz CT molecular complexity index is 623. The van der Waals surface area contributed by atoms with Crippen LogP contribution in [0.25, 0.3) is 0 Å². The van der Waals surface area contributed by atoms with Crippen molar-refractivity contribution in [2.75, 3.05) is 0 Å². The van der Waals surface area contributed by atoms with Gasteiger partial charge in [0.2, 0.25) is 0 Å². The first-order chi connectivity index (χ1) is 9.61. The molecule has 0 aromatic heterocycles. The fourth-order valence-corrected chi connectivity index (χ4v) is 3.64. The maximum atomic E-state index is 12.5. The van der Waals surface area contributed by atoms with Gasteiger partial charge in [-0.25, -0.2) is 0 Å². The maximum Gasteiger partial charge on any atom is 0.150 e. The van der Waals surface area contributed by atoms with Gasteiger partial charge in [0.05, 0.1) is 0 Å². The van der Waals surface area contributed by atoms with Crippen molar-refractivity contribution in [3.05, 3.63) is 34.9 Å². The maximum absolute atomic E-state index is 12.5. The monoisotopic (exact) mass is 266 g/mol. The number of rotatable bonds is 1. The molecule has 0 amide bonds. The van der Waals surface area contributed by atoms with Gasteiger partial charge in [-0.15, -0.1) is 5.92 Å². The largest absolute Gasteiger partial charge is 0.298 e. The van der Waals surface area contributed by atoms with Crippen LogP contribution < -0.4 is 0 Å². The smallest absolute Gasteiger partial charge is 0.150 e. The van der Waals surface area contributed by atoms with Crippen molar-refractivity contribution in [3.63, 3.8) is 0 Å². The molecule has 0 radical (unpaired) electrons. The van der Waals surface area contributed by atoms with Crippen molar-refractivity contribution in [2.45, 2.75) is 39.0 Å². The van der Waals surface area contributed by atoms with Gasteiger partial charge in [0.25, 0.3) is 0 Å². The third kappa shape index (κ3) is 1.98. The zero-order valence-corrected chi connectivity index (χ0v) is 11.9. The topological polar surface area (TPSA) is 34.1 Å². The second kappa shape index (κ2) is 4.90. The average molecular weight is 266 g/mol. The van der Waals surface area contributed by atoms with Gasteiger partial charge >= 0.3 is 0 Å². The number of fused-ring (bicyclic) bond motifs is 2. The van der Waals surface area contributed by atoms with Gasteiger partial charge in [-0.3, -0.25) is 9.59 Å². The van der Waals surface area contributed by atoms with Crippen LogP contribution in [0.5, 0.6) is 0 Å². The summed E-state index contributed by atoms with van der Waals surface area (Å²) in [7, 11) is 0. The molecule has 1 aromatic rings. The molecule has 2 fully saturated rings. The number of carbonyl (C=O) groups is 2. The van der Waals surface area contributed by atoms with E-state index in [0.29, 0.717) is 0 Å². The summed E-state index contributed by atoms with van der Waals surface area (Å²) < 4.78 is 0. The van der Waals surface area contributed by atoms with Crippen LogP contribution in [0.3, 0.4) is 0 Å². The third-order valence-corrected chi connectivity index (χ3v) is 4.66. The van der Waals surface area contributed by atoms with Gasteiger partial charge in [0.1, 0.15) is 5.92 Å². The fraction of sp³-hybridized carbons (Fsp3) is 0.444. The van der Waals surface area contributed by atoms with Crippen molar-refractivity contribution in [1.29, 1.82) is 0 Å². The minimum absolute atomic E-state index is 0.109. The second-order valence-electron chi connectivity index (χ2n) is 5.89. The van der Waals surface area contributed by atoms with Gasteiger partial charge in [0.15, 0.2) is 11.6 Å². The van der Waals surface area contributed by atoms with Crippen LogP contribution in [0.1, 0.15) is 48.8 Å². The molecule has 2 nitrogen and oxygen atoms in total. The Morgan fingerprint density at radius 1 is 1.10 bits per heavy atom. The lowest BCUT2D eigenvalue weighted by atomic mass is 9.74. The Hall–Kier alpha value is -1.88. The molecular formula is C18H18O2. The van der Waals surface area contributed by atoms with Crippen molar-refractivity contribution >= 4 is 11.6 Å². The van der Waals surface area contributed by atoms with Crippen LogP contribution in [-0.4, -0.2) is 11.6 Å². The van der Waals surface area contributed by atoms with Crippen LogP contribution in [0, 0.1) is 30.6 Å². The molecular weight excluding hydrogens is 248 g/mol. The second-order valence-corrected chi connectivity index (χ2v) is 5.89. The third-order valence-electron chi connectivity index (χ3n) is 4.66. The molecule has 3 rings (SSSR count). The van der Waals surface area contributed by atoms with E-state index in [-0.39, 0.29) is 23.4 Å².